The molecule has 10 heteroatoms. The van der Waals surface area contributed by atoms with Crippen molar-refractivity contribution in [2.24, 2.45) is 0 Å². The number of fused-ring (bicyclic) bond motifs is 1. The van der Waals surface area contributed by atoms with Gasteiger partial charge in [-0.05, 0) is 6.07 Å². The zero-order valence-corrected chi connectivity index (χ0v) is 15.6. The van der Waals surface area contributed by atoms with Crippen LogP contribution in [0.25, 0.3) is 10.9 Å². The van der Waals surface area contributed by atoms with Crippen LogP contribution in [0.15, 0.2) is 29.2 Å². The Morgan fingerprint density at radius 1 is 1.11 bits per heavy atom. The molecule has 1 aromatic carbocycles. The number of methoxy groups -OCH3 is 2. The van der Waals surface area contributed by atoms with Gasteiger partial charge in [-0.25, -0.2) is 9.97 Å². The van der Waals surface area contributed by atoms with Crippen LogP contribution in [0.4, 0.5) is 11.8 Å². The number of anilines is 2. The van der Waals surface area contributed by atoms with Gasteiger partial charge >= 0.3 is 0 Å². The van der Waals surface area contributed by atoms with Crippen LogP contribution in [0.5, 0.6) is 11.5 Å². The van der Waals surface area contributed by atoms with E-state index in [0.717, 1.165) is 0 Å². The van der Waals surface area contributed by atoms with Gasteiger partial charge in [0.15, 0.2) is 23.6 Å². The molecule has 1 fully saturated rings. The van der Waals surface area contributed by atoms with E-state index in [-0.39, 0.29) is 5.91 Å². The van der Waals surface area contributed by atoms with Crippen LogP contribution in [0.1, 0.15) is 10.5 Å². The Kier molecular flexibility index (Phi) is 4.60. The van der Waals surface area contributed by atoms with Crippen molar-refractivity contribution < 1.29 is 18.7 Å². The molecule has 4 rings (SSSR count). The molecule has 0 saturated carbocycles. The molecule has 146 valence electrons. The number of carbonyl (C=O) groups is 1. The zero-order valence-electron chi connectivity index (χ0n) is 15.6. The van der Waals surface area contributed by atoms with Gasteiger partial charge in [0.05, 0.1) is 19.7 Å². The second-order valence-electron chi connectivity index (χ2n) is 6.29. The first-order valence-electron chi connectivity index (χ1n) is 8.72. The fourth-order valence-corrected chi connectivity index (χ4v) is 3.20. The minimum absolute atomic E-state index is 0.149. The number of hydrogen-bond acceptors (Lipinski definition) is 9. The van der Waals surface area contributed by atoms with Gasteiger partial charge in [-0.15, -0.1) is 0 Å². The lowest BCUT2D eigenvalue weighted by molar-refractivity contribution is 0.0740. The van der Waals surface area contributed by atoms with Crippen molar-refractivity contribution in [2.75, 3.05) is 51.0 Å². The average Bonchev–Trinajstić information content (AvgIpc) is 3.27. The SMILES string of the molecule is COc1cc2nc(N3CCN(C(=O)c4cocn4)CC3)nc(N)c2cc1OC. The molecule has 1 aliphatic rings. The molecule has 1 amide bonds. The van der Waals surface area contributed by atoms with Crippen molar-refractivity contribution in [1.82, 2.24) is 19.9 Å². The van der Waals surface area contributed by atoms with Crippen LogP contribution >= 0.6 is 0 Å². The molecule has 0 spiro atoms. The molecular formula is C18H20N6O4. The molecule has 0 radical (unpaired) electrons. The predicted octanol–water partition coefficient (Wildman–Crippen LogP) is 1.18. The molecule has 3 aromatic rings. The summed E-state index contributed by atoms with van der Waals surface area (Å²) in [5, 5.41) is 0.696. The van der Waals surface area contributed by atoms with E-state index >= 15 is 0 Å². The van der Waals surface area contributed by atoms with Gasteiger partial charge in [0.2, 0.25) is 5.95 Å². The molecule has 0 atom stereocenters. The number of nitrogens with zero attached hydrogens (tertiary/aromatic N) is 5. The fraction of sp³-hybridized carbons (Fsp3) is 0.333. The van der Waals surface area contributed by atoms with Crippen molar-refractivity contribution in [3.63, 3.8) is 0 Å². The first kappa shape index (κ1) is 17.8. The van der Waals surface area contributed by atoms with Gasteiger partial charge in [0.1, 0.15) is 12.1 Å². The Bertz CT molecular complexity index is 999. The van der Waals surface area contributed by atoms with Gasteiger partial charge in [-0.3, -0.25) is 4.79 Å². The summed E-state index contributed by atoms with van der Waals surface area (Å²) in [6, 6.07) is 3.54. The van der Waals surface area contributed by atoms with E-state index in [4.69, 9.17) is 19.6 Å². The summed E-state index contributed by atoms with van der Waals surface area (Å²) < 4.78 is 15.5. The van der Waals surface area contributed by atoms with Gasteiger partial charge < -0.3 is 29.4 Å². The summed E-state index contributed by atoms with van der Waals surface area (Å²) in [6.07, 6.45) is 2.60. The van der Waals surface area contributed by atoms with E-state index in [1.165, 1.54) is 12.7 Å². The third kappa shape index (κ3) is 3.13. The molecule has 0 unspecified atom stereocenters. The van der Waals surface area contributed by atoms with E-state index in [1.54, 1.807) is 31.3 Å². The molecule has 1 aliphatic heterocycles. The Balaban J connectivity index is 1.56. The number of nitrogen functional groups attached to an aromatic ring is 1. The highest BCUT2D eigenvalue weighted by Gasteiger charge is 2.25. The fourth-order valence-electron chi connectivity index (χ4n) is 3.20. The van der Waals surface area contributed by atoms with Crippen LogP contribution in [0.2, 0.25) is 0 Å². The number of aromatic nitrogens is 3. The Morgan fingerprint density at radius 3 is 2.46 bits per heavy atom. The number of hydrogen-bond donors (Lipinski definition) is 1. The first-order valence-corrected chi connectivity index (χ1v) is 8.72. The molecule has 1 saturated heterocycles. The van der Waals surface area contributed by atoms with Gasteiger partial charge in [0.25, 0.3) is 5.91 Å². The highest BCUT2D eigenvalue weighted by molar-refractivity contribution is 5.92. The number of oxazole rings is 1. The standard InChI is InChI=1S/C18H20N6O4/c1-26-14-7-11-12(8-15(14)27-2)21-18(22-16(11)19)24-5-3-23(4-6-24)17(25)13-9-28-10-20-13/h7-10H,3-6H2,1-2H3,(H2,19,21,22). The maximum atomic E-state index is 12.4. The summed E-state index contributed by atoms with van der Waals surface area (Å²) in [5.41, 5.74) is 7.14. The third-order valence-electron chi connectivity index (χ3n) is 4.72. The van der Waals surface area contributed by atoms with Crippen LogP contribution in [-0.2, 0) is 0 Å². The third-order valence-corrected chi connectivity index (χ3v) is 4.72. The minimum Gasteiger partial charge on any atom is -0.493 e. The average molecular weight is 384 g/mol. The number of ether oxygens (including phenoxy) is 2. The normalized spacial score (nSPS) is 14.4. The van der Waals surface area contributed by atoms with E-state index in [1.807, 2.05) is 4.90 Å². The highest BCUT2D eigenvalue weighted by Crippen LogP contribution is 2.34. The molecular weight excluding hydrogens is 364 g/mol. The number of amides is 1. The highest BCUT2D eigenvalue weighted by atomic mass is 16.5. The number of carbonyl (C=O) groups excluding carboxylic acids is 1. The summed E-state index contributed by atoms with van der Waals surface area (Å²) in [5.74, 6) is 1.87. The maximum Gasteiger partial charge on any atom is 0.275 e. The van der Waals surface area contributed by atoms with Crippen LogP contribution in [-0.4, -0.2) is 66.2 Å². The largest absolute Gasteiger partial charge is 0.493 e. The lowest BCUT2D eigenvalue weighted by atomic mass is 10.2. The monoisotopic (exact) mass is 384 g/mol. The quantitative estimate of drug-likeness (QED) is 0.707. The lowest BCUT2D eigenvalue weighted by Gasteiger charge is -2.34. The lowest BCUT2D eigenvalue weighted by Crippen LogP contribution is -2.49. The molecule has 3 heterocycles. The van der Waals surface area contributed by atoms with Crippen molar-refractivity contribution >= 4 is 28.6 Å². The van der Waals surface area contributed by atoms with E-state index in [9.17, 15) is 4.79 Å². The number of benzene rings is 1. The molecule has 28 heavy (non-hydrogen) atoms. The van der Waals surface area contributed by atoms with E-state index in [0.29, 0.717) is 66.0 Å². The molecule has 2 N–H and O–H groups in total. The summed E-state index contributed by atoms with van der Waals surface area (Å²) in [4.78, 5) is 29.1. The first-order chi connectivity index (χ1) is 13.6. The van der Waals surface area contributed by atoms with Crippen LogP contribution < -0.4 is 20.1 Å². The summed E-state index contributed by atoms with van der Waals surface area (Å²) in [6.45, 7) is 2.22. The van der Waals surface area contributed by atoms with Gasteiger partial charge in [0, 0.05) is 37.6 Å². The van der Waals surface area contributed by atoms with Crippen LogP contribution in [0.3, 0.4) is 0 Å². The topological polar surface area (TPSA) is 120 Å². The van der Waals surface area contributed by atoms with Crippen molar-refractivity contribution in [2.45, 2.75) is 0 Å². The summed E-state index contributed by atoms with van der Waals surface area (Å²) in [7, 11) is 3.13. The predicted molar refractivity (Wildman–Crippen MR) is 102 cm³/mol. The Morgan fingerprint density at radius 2 is 1.82 bits per heavy atom. The van der Waals surface area contributed by atoms with Crippen LogP contribution in [0, 0.1) is 0 Å². The molecule has 0 aliphatic carbocycles. The van der Waals surface area contributed by atoms with Gasteiger partial charge in [-0.1, -0.05) is 0 Å². The molecule has 2 aromatic heterocycles. The number of rotatable bonds is 4. The smallest absolute Gasteiger partial charge is 0.275 e. The number of piperazine rings is 1. The summed E-state index contributed by atoms with van der Waals surface area (Å²) >= 11 is 0. The zero-order chi connectivity index (χ0) is 19.7. The molecule has 0 bridgehead atoms. The number of nitrogens with two attached hydrogens (primary N) is 1. The maximum absolute atomic E-state index is 12.4. The van der Waals surface area contributed by atoms with Crippen molar-refractivity contribution in [3.05, 3.63) is 30.5 Å². The van der Waals surface area contributed by atoms with Crippen molar-refractivity contribution in [1.29, 1.82) is 0 Å². The van der Waals surface area contributed by atoms with Crippen molar-refractivity contribution in [3.8, 4) is 11.5 Å². The van der Waals surface area contributed by atoms with E-state index in [2.05, 4.69) is 15.0 Å². The second kappa shape index (κ2) is 7.22. The van der Waals surface area contributed by atoms with Gasteiger partial charge in [-0.2, -0.15) is 4.98 Å². The Hall–Kier alpha value is -3.56. The molecule has 10 nitrogen and oxygen atoms in total. The second-order valence-corrected chi connectivity index (χ2v) is 6.29. The minimum atomic E-state index is -0.149. The Labute approximate surface area is 160 Å². The van der Waals surface area contributed by atoms with E-state index < -0.39 is 0 Å².